The highest BCUT2D eigenvalue weighted by molar-refractivity contribution is 9.10. The maximum Gasteiger partial charge on any atom is 0.317 e. The van der Waals surface area contributed by atoms with Crippen molar-refractivity contribution in [3.63, 3.8) is 0 Å². The van der Waals surface area contributed by atoms with Gasteiger partial charge in [0.15, 0.2) is 0 Å². The molecule has 0 aliphatic heterocycles. The third-order valence-corrected chi connectivity index (χ3v) is 2.18. The van der Waals surface area contributed by atoms with Gasteiger partial charge in [0.05, 0.1) is 12.2 Å². The molecule has 0 heterocycles. The lowest BCUT2D eigenvalue weighted by Gasteiger charge is -1.96. The summed E-state index contributed by atoms with van der Waals surface area (Å²) in [4.78, 5) is 11.0. The minimum atomic E-state index is -0.403. The molecule has 1 aromatic carbocycles. The van der Waals surface area contributed by atoms with Crippen LogP contribution >= 0.6 is 15.9 Å². The Morgan fingerprint density at radius 2 is 2.31 bits per heavy atom. The zero-order valence-electron chi connectivity index (χ0n) is 8.72. The number of esters is 1. The first-order valence-electron chi connectivity index (χ1n) is 4.73. The van der Waals surface area contributed by atoms with E-state index in [1.165, 1.54) is 6.07 Å². The summed E-state index contributed by atoms with van der Waals surface area (Å²) in [5.74, 6) is 4.36. The smallest absolute Gasteiger partial charge is 0.317 e. The van der Waals surface area contributed by atoms with Crippen LogP contribution in [0.4, 0.5) is 4.39 Å². The third-order valence-electron chi connectivity index (χ3n) is 1.69. The lowest BCUT2D eigenvalue weighted by atomic mass is 10.2. The zero-order valence-corrected chi connectivity index (χ0v) is 10.3. The summed E-state index contributed by atoms with van der Waals surface area (Å²) in [5.41, 5.74) is 0.263. The van der Waals surface area contributed by atoms with E-state index in [0.29, 0.717) is 6.61 Å². The second-order valence-corrected chi connectivity index (χ2v) is 3.82. The van der Waals surface area contributed by atoms with Gasteiger partial charge in [-0.1, -0.05) is 27.8 Å². The molecule has 0 radical (unpaired) electrons. The Labute approximate surface area is 102 Å². The van der Waals surface area contributed by atoms with Crippen LogP contribution < -0.4 is 0 Å². The molecule has 4 heteroatoms. The minimum absolute atomic E-state index is 0.0280. The van der Waals surface area contributed by atoms with Crippen LogP contribution in [0.3, 0.4) is 0 Å². The van der Waals surface area contributed by atoms with Crippen LogP contribution in [0.5, 0.6) is 0 Å². The van der Waals surface area contributed by atoms with Crippen molar-refractivity contribution in [2.75, 3.05) is 6.61 Å². The molecule has 0 fully saturated rings. The molecule has 0 aromatic heterocycles. The predicted molar refractivity (Wildman–Crippen MR) is 62.2 cm³/mol. The molecule has 16 heavy (non-hydrogen) atoms. The molecular weight excluding hydrogens is 275 g/mol. The van der Waals surface area contributed by atoms with Crippen LogP contribution in [-0.2, 0) is 9.53 Å². The first-order chi connectivity index (χ1) is 7.63. The number of benzene rings is 1. The largest absolute Gasteiger partial charge is 0.465 e. The lowest BCUT2D eigenvalue weighted by molar-refractivity contribution is -0.141. The third kappa shape index (κ3) is 4.03. The first-order valence-corrected chi connectivity index (χ1v) is 5.52. The second kappa shape index (κ2) is 6.29. The number of carbonyl (C=O) groups is 1. The number of rotatable bonds is 2. The summed E-state index contributed by atoms with van der Waals surface area (Å²) in [7, 11) is 0. The van der Waals surface area contributed by atoms with Gasteiger partial charge < -0.3 is 4.74 Å². The Morgan fingerprint density at radius 3 is 3.00 bits per heavy atom. The number of ether oxygens (including phenoxy) is 1. The predicted octanol–water partition coefficient (Wildman–Crippen LogP) is 2.89. The normalized spacial score (nSPS) is 9.19. The van der Waals surface area contributed by atoms with Crippen molar-refractivity contribution < 1.29 is 13.9 Å². The zero-order chi connectivity index (χ0) is 12.0. The van der Waals surface area contributed by atoms with Gasteiger partial charge in [0.25, 0.3) is 0 Å². The minimum Gasteiger partial charge on any atom is -0.465 e. The van der Waals surface area contributed by atoms with Gasteiger partial charge in [-0.25, -0.2) is 4.39 Å². The van der Waals surface area contributed by atoms with E-state index in [1.54, 1.807) is 19.1 Å². The molecule has 84 valence electrons. The van der Waals surface area contributed by atoms with Gasteiger partial charge in [0, 0.05) is 4.47 Å². The molecule has 2 nitrogen and oxygen atoms in total. The molecule has 0 N–H and O–H groups in total. The van der Waals surface area contributed by atoms with Crippen molar-refractivity contribution in [2.24, 2.45) is 0 Å². The van der Waals surface area contributed by atoms with E-state index in [2.05, 4.69) is 32.5 Å². The molecular formula is C12H10BrFO2. The number of hydrogen-bond acceptors (Lipinski definition) is 2. The van der Waals surface area contributed by atoms with E-state index in [0.717, 1.165) is 4.47 Å². The molecule has 0 spiro atoms. The van der Waals surface area contributed by atoms with Gasteiger partial charge in [0.1, 0.15) is 12.2 Å². The van der Waals surface area contributed by atoms with Crippen LogP contribution in [0.1, 0.15) is 18.9 Å². The van der Waals surface area contributed by atoms with Crippen molar-refractivity contribution in [2.45, 2.75) is 13.3 Å². The van der Waals surface area contributed by atoms with Gasteiger partial charge in [-0.15, -0.1) is 0 Å². The summed E-state index contributed by atoms with van der Waals surface area (Å²) < 4.78 is 18.6. The molecule has 0 unspecified atom stereocenters. The second-order valence-electron chi connectivity index (χ2n) is 2.91. The van der Waals surface area contributed by atoms with Gasteiger partial charge >= 0.3 is 5.97 Å². The Morgan fingerprint density at radius 1 is 1.56 bits per heavy atom. The topological polar surface area (TPSA) is 26.3 Å². The standard InChI is InChI=1S/C12H10BrFO2/c1-2-16-12(15)5-3-4-9-8-10(13)6-7-11(9)14/h6-8H,2,5H2,1H3. The van der Waals surface area contributed by atoms with Crippen LogP contribution in [0.15, 0.2) is 22.7 Å². The number of carbonyl (C=O) groups excluding carboxylic acids is 1. The number of halogens is 2. The molecule has 1 aromatic rings. The lowest BCUT2D eigenvalue weighted by Crippen LogP contribution is -2.01. The summed E-state index contributed by atoms with van der Waals surface area (Å²) >= 11 is 3.22. The van der Waals surface area contributed by atoms with Crippen molar-refractivity contribution >= 4 is 21.9 Å². The van der Waals surface area contributed by atoms with Gasteiger partial charge in [-0.2, -0.15) is 0 Å². The molecule has 0 atom stereocenters. The fraction of sp³-hybridized carbons (Fsp3) is 0.250. The fourth-order valence-electron chi connectivity index (χ4n) is 1.02. The van der Waals surface area contributed by atoms with Crippen LogP contribution in [0.25, 0.3) is 0 Å². The van der Waals surface area contributed by atoms with E-state index in [-0.39, 0.29) is 12.0 Å². The van der Waals surface area contributed by atoms with Gasteiger partial charge in [0.2, 0.25) is 0 Å². The maximum absolute atomic E-state index is 13.2. The van der Waals surface area contributed by atoms with Crippen molar-refractivity contribution in [1.82, 2.24) is 0 Å². The van der Waals surface area contributed by atoms with E-state index in [9.17, 15) is 9.18 Å². The first kappa shape index (κ1) is 12.7. The SMILES string of the molecule is CCOC(=O)CC#Cc1cc(Br)ccc1F. The Hall–Kier alpha value is -1.34. The Balaban J connectivity index is 2.69. The fourth-order valence-corrected chi connectivity index (χ4v) is 1.38. The van der Waals surface area contributed by atoms with Crippen LogP contribution in [0, 0.1) is 17.7 Å². The Bertz CT molecular complexity index is 446. The van der Waals surface area contributed by atoms with Crippen molar-refractivity contribution in [3.8, 4) is 11.8 Å². The van der Waals surface area contributed by atoms with E-state index >= 15 is 0 Å². The molecule has 0 saturated carbocycles. The number of hydrogen-bond donors (Lipinski definition) is 0. The molecule has 1 rings (SSSR count). The van der Waals surface area contributed by atoms with Crippen molar-refractivity contribution in [1.29, 1.82) is 0 Å². The van der Waals surface area contributed by atoms with E-state index in [1.807, 2.05) is 0 Å². The van der Waals surface area contributed by atoms with Crippen molar-refractivity contribution in [3.05, 3.63) is 34.1 Å². The Kier molecular flexibility index (Phi) is 5.00. The monoisotopic (exact) mass is 284 g/mol. The highest BCUT2D eigenvalue weighted by atomic mass is 79.9. The summed E-state index contributed by atoms with van der Waals surface area (Å²) in [6, 6.07) is 4.47. The maximum atomic E-state index is 13.2. The average Bonchev–Trinajstić information content (AvgIpc) is 2.23. The molecule has 0 aliphatic carbocycles. The molecule has 0 amide bonds. The van der Waals surface area contributed by atoms with E-state index < -0.39 is 11.8 Å². The van der Waals surface area contributed by atoms with Gasteiger partial charge in [-0.3, -0.25) is 4.79 Å². The van der Waals surface area contributed by atoms with Gasteiger partial charge in [-0.05, 0) is 25.1 Å². The highest BCUT2D eigenvalue weighted by Crippen LogP contribution is 2.14. The molecule has 0 aliphatic rings. The highest BCUT2D eigenvalue weighted by Gasteiger charge is 2.00. The van der Waals surface area contributed by atoms with Crippen LogP contribution in [0.2, 0.25) is 0 Å². The summed E-state index contributed by atoms with van der Waals surface area (Å²) in [5, 5.41) is 0. The summed E-state index contributed by atoms with van der Waals surface area (Å²) in [6.07, 6.45) is -0.0280. The van der Waals surface area contributed by atoms with Crippen LogP contribution in [-0.4, -0.2) is 12.6 Å². The van der Waals surface area contributed by atoms with E-state index in [4.69, 9.17) is 0 Å². The quantitative estimate of drug-likeness (QED) is 0.617. The summed E-state index contributed by atoms with van der Waals surface area (Å²) in [6.45, 7) is 2.05. The average molecular weight is 285 g/mol. The molecule has 0 saturated heterocycles. The molecule has 0 bridgehead atoms.